The van der Waals surface area contributed by atoms with Crippen molar-refractivity contribution in [1.82, 2.24) is 9.29 Å². The highest BCUT2D eigenvalue weighted by atomic mass is 32.2. The molecule has 1 aliphatic rings. The lowest BCUT2D eigenvalue weighted by Crippen LogP contribution is -2.34. The third-order valence-electron chi connectivity index (χ3n) is 4.80. The number of hydrogen-bond acceptors (Lipinski definition) is 5. The normalized spacial score (nSPS) is 18.4. The Balaban J connectivity index is 1.58. The summed E-state index contributed by atoms with van der Waals surface area (Å²) in [5.74, 6) is -0.574. The molecule has 0 saturated carbocycles. The van der Waals surface area contributed by atoms with E-state index in [1.54, 1.807) is 12.1 Å². The van der Waals surface area contributed by atoms with Crippen LogP contribution in [0.25, 0.3) is 0 Å². The van der Waals surface area contributed by atoms with Gasteiger partial charge in [-0.15, -0.1) is 0 Å². The maximum absolute atomic E-state index is 12.7. The SMILES string of the molecule is O=C([CH]Cc1ccccc1)[N+](=O)C1CCCN(S(=O)(=O)c2ccccn2)CC1. The number of nitroso groups, excluding NO2 is 1. The van der Waals surface area contributed by atoms with Crippen LogP contribution in [-0.2, 0) is 21.2 Å². The van der Waals surface area contributed by atoms with Crippen LogP contribution in [0.3, 0.4) is 0 Å². The molecular formula is C20H23N3O4S+. The highest BCUT2D eigenvalue weighted by molar-refractivity contribution is 7.89. The number of aromatic nitrogens is 1. The lowest BCUT2D eigenvalue weighted by molar-refractivity contribution is -0.506. The van der Waals surface area contributed by atoms with Crippen molar-refractivity contribution in [2.24, 2.45) is 0 Å². The van der Waals surface area contributed by atoms with E-state index in [4.69, 9.17) is 0 Å². The van der Waals surface area contributed by atoms with Crippen molar-refractivity contribution in [3.63, 3.8) is 0 Å². The minimum atomic E-state index is -3.69. The van der Waals surface area contributed by atoms with E-state index in [0.29, 0.717) is 37.0 Å². The van der Waals surface area contributed by atoms with Crippen molar-refractivity contribution in [2.75, 3.05) is 13.1 Å². The molecule has 0 aliphatic carbocycles. The number of sulfonamides is 1. The molecule has 1 unspecified atom stereocenters. The van der Waals surface area contributed by atoms with Gasteiger partial charge in [0.15, 0.2) is 5.03 Å². The number of rotatable bonds is 6. The second-order valence-electron chi connectivity index (χ2n) is 6.71. The summed E-state index contributed by atoms with van der Waals surface area (Å²) in [4.78, 5) is 28.6. The number of nitrogens with zero attached hydrogens (tertiary/aromatic N) is 3. The first-order valence-corrected chi connectivity index (χ1v) is 10.7. The summed E-state index contributed by atoms with van der Waals surface area (Å²) in [5.41, 5.74) is 0.956. The fourth-order valence-electron chi connectivity index (χ4n) is 3.25. The van der Waals surface area contributed by atoms with Gasteiger partial charge >= 0.3 is 5.91 Å². The van der Waals surface area contributed by atoms with Gasteiger partial charge in [0.05, 0.1) is 4.76 Å². The summed E-state index contributed by atoms with van der Waals surface area (Å²) in [6.07, 6.45) is 4.51. The van der Waals surface area contributed by atoms with E-state index in [9.17, 15) is 18.1 Å². The van der Waals surface area contributed by atoms with Crippen LogP contribution in [-0.4, -0.2) is 47.5 Å². The number of carbonyl (C=O) groups is 1. The van der Waals surface area contributed by atoms with Crippen LogP contribution in [0.15, 0.2) is 59.8 Å². The van der Waals surface area contributed by atoms with Crippen LogP contribution in [0.4, 0.5) is 0 Å². The van der Waals surface area contributed by atoms with E-state index in [1.165, 1.54) is 23.0 Å². The summed E-state index contributed by atoms with van der Waals surface area (Å²) in [6, 6.07) is 13.7. The van der Waals surface area contributed by atoms with Crippen LogP contribution in [0.1, 0.15) is 24.8 Å². The smallest absolute Gasteiger partial charge is 0.243 e. The molecule has 1 fully saturated rings. The van der Waals surface area contributed by atoms with Gasteiger partial charge in [0.2, 0.25) is 6.04 Å². The van der Waals surface area contributed by atoms with Gasteiger partial charge in [-0.25, -0.2) is 18.2 Å². The van der Waals surface area contributed by atoms with Gasteiger partial charge in [-0.05, 0) is 30.5 Å². The van der Waals surface area contributed by atoms with Crippen LogP contribution in [0.2, 0.25) is 0 Å². The van der Waals surface area contributed by atoms with Crippen molar-refractivity contribution < 1.29 is 18.0 Å². The number of pyridine rings is 1. The lowest BCUT2D eigenvalue weighted by Gasteiger charge is -2.18. The molecule has 1 atom stereocenters. The Bertz CT molecular complexity index is 917. The van der Waals surface area contributed by atoms with Gasteiger partial charge < -0.3 is 0 Å². The zero-order valence-corrected chi connectivity index (χ0v) is 16.3. The average Bonchev–Trinajstić information content (AvgIpc) is 2.99. The molecule has 28 heavy (non-hydrogen) atoms. The Morgan fingerprint density at radius 2 is 1.86 bits per heavy atom. The van der Waals surface area contributed by atoms with E-state index < -0.39 is 22.0 Å². The maximum Gasteiger partial charge on any atom is 0.437 e. The average molecular weight is 401 g/mol. The molecule has 2 aromatic rings. The van der Waals surface area contributed by atoms with Crippen LogP contribution >= 0.6 is 0 Å². The molecule has 1 amide bonds. The first kappa shape index (κ1) is 20.3. The van der Waals surface area contributed by atoms with Gasteiger partial charge in [-0.2, -0.15) is 4.31 Å². The molecule has 147 valence electrons. The summed E-state index contributed by atoms with van der Waals surface area (Å²) >= 11 is 0. The third-order valence-corrected chi connectivity index (χ3v) is 6.62. The van der Waals surface area contributed by atoms with Crippen molar-refractivity contribution in [3.8, 4) is 0 Å². The zero-order valence-electron chi connectivity index (χ0n) is 15.5. The Kier molecular flexibility index (Phi) is 6.64. The molecule has 1 aromatic carbocycles. The largest absolute Gasteiger partial charge is 0.437 e. The Morgan fingerprint density at radius 1 is 1.11 bits per heavy atom. The molecule has 2 heterocycles. The van der Waals surface area contributed by atoms with E-state index >= 15 is 0 Å². The molecule has 1 saturated heterocycles. The Labute approximate surface area is 165 Å². The standard InChI is InChI=1S/C20H23N3O4S/c24-20(12-11-17-7-2-1-3-8-17)23(25)18-9-6-15-22(16-13-18)28(26,27)19-10-4-5-14-21-19/h1-5,7-8,10,12,14,18H,6,9,11,13,15-16H2/q+1. The second-order valence-corrected chi connectivity index (χ2v) is 8.60. The Morgan fingerprint density at radius 3 is 2.57 bits per heavy atom. The monoisotopic (exact) mass is 401 g/mol. The molecule has 0 spiro atoms. The fourth-order valence-corrected chi connectivity index (χ4v) is 4.67. The molecule has 0 N–H and O–H groups in total. The second kappa shape index (κ2) is 9.16. The minimum absolute atomic E-state index is 0.000277. The summed E-state index contributed by atoms with van der Waals surface area (Å²) in [5, 5.41) is -0.000277. The predicted molar refractivity (Wildman–Crippen MR) is 104 cm³/mol. The van der Waals surface area contributed by atoms with E-state index in [2.05, 4.69) is 4.98 Å². The highest BCUT2D eigenvalue weighted by Gasteiger charge is 2.37. The lowest BCUT2D eigenvalue weighted by atomic mass is 10.1. The quantitative estimate of drug-likeness (QED) is 0.694. The van der Waals surface area contributed by atoms with E-state index in [-0.39, 0.29) is 11.6 Å². The number of hydrogen-bond donors (Lipinski definition) is 0. The minimum Gasteiger partial charge on any atom is -0.243 e. The van der Waals surface area contributed by atoms with Crippen molar-refractivity contribution in [1.29, 1.82) is 0 Å². The van der Waals surface area contributed by atoms with Gasteiger partial charge in [-0.1, -0.05) is 36.4 Å². The van der Waals surface area contributed by atoms with Crippen molar-refractivity contribution in [2.45, 2.75) is 36.8 Å². The van der Waals surface area contributed by atoms with Crippen LogP contribution in [0.5, 0.6) is 0 Å². The van der Waals surface area contributed by atoms with Gasteiger partial charge in [-0.3, -0.25) is 0 Å². The fraction of sp³-hybridized carbons (Fsp3) is 0.350. The van der Waals surface area contributed by atoms with E-state index in [1.807, 2.05) is 30.3 Å². The molecule has 1 radical (unpaired) electrons. The summed E-state index contributed by atoms with van der Waals surface area (Å²) < 4.78 is 27.3. The first-order chi connectivity index (χ1) is 13.5. The first-order valence-electron chi connectivity index (χ1n) is 9.27. The summed E-state index contributed by atoms with van der Waals surface area (Å²) in [7, 11) is -3.69. The molecule has 7 nitrogen and oxygen atoms in total. The molecule has 0 bridgehead atoms. The molecule has 8 heteroatoms. The van der Waals surface area contributed by atoms with Gasteiger partial charge in [0.1, 0.15) is 6.42 Å². The number of carbonyl (C=O) groups excluding carboxylic acids is 1. The van der Waals surface area contributed by atoms with Crippen LogP contribution in [0, 0.1) is 11.3 Å². The number of amides is 1. The Hall–Kier alpha value is -2.45. The van der Waals surface area contributed by atoms with Gasteiger partial charge in [0, 0.05) is 37.0 Å². The van der Waals surface area contributed by atoms with E-state index in [0.717, 1.165) is 5.56 Å². The van der Waals surface area contributed by atoms with Crippen molar-refractivity contribution >= 4 is 15.9 Å². The molecular weight excluding hydrogens is 378 g/mol. The zero-order chi connectivity index (χ0) is 20.0. The van der Waals surface area contributed by atoms with Gasteiger partial charge in [0.25, 0.3) is 10.0 Å². The molecule has 3 rings (SSSR count). The number of benzene rings is 1. The molecule has 1 aliphatic heterocycles. The summed E-state index contributed by atoms with van der Waals surface area (Å²) in [6.45, 7) is 0.499. The molecule has 1 aromatic heterocycles. The topological polar surface area (TPSA) is 87.4 Å². The highest BCUT2D eigenvalue weighted by Crippen LogP contribution is 2.20. The predicted octanol–water partition coefficient (Wildman–Crippen LogP) is 2.38. The maximum atomic E-state index is 12.7. The van der Waals surface area contributed by atoms with Crippen LogP contribution < -0.4 is 0 Å². The third kappa shape index (κ3) is 4.88. The van der Waals surface area contributed by atoms with Crippen molar-refractivity contribution in [3.05, 3.63) is 71.6 Å².